The highest BCUT2D eigenvalue weighted by molar-refractivity contribution is 6.07. The maximum absolute atomic E-state index is 12.1. The molecule has 4 amide bonds. The topological polar surface area (TPSA) is 97.0 Å². The minimum absolute atomic E-state index is 0.320. The molecule has 0 aliphatic carbocycles. The van der Waals surface area contributed by atoms with Crippen LogP contribution in [0.15, 0.2) is 18.2 Å². The number of anilines is 1. The Morgan fingerprint density at radius 2 is 2.04 bits per heavy atom. The van der Waals surface area contributed by atoms with Crippen molar-refractivity contribution in [3.05, 3.63) is 18.2 Å². The van der Waals surface area contributed by atoms with Gasteiger partial charge < -0.3 is 20.1 Å². The quantitative estimate of drug-likeness (QED) is 0.787. The molecule has 0 radical (unpaired) electrons. The fraction of sp³-hybridized carbons (Fsp3) is 0.438. The van der Waals surface area contributed by atoms with Crippen LogP contribution in [0.3, 0.4) is 0 Å². The molecule has 24 heavy (non-hydrogen) atoms. The Bertz CT molecular complexity index is 676. The molecule has 1 fully saturated rings. The molecule has 1 atom stereocenters. The van der Waals surface area contributed by atoms with E-state index < -0.39 is 18.0 Å². The highest BCUT2D eigenvalue weighted by Gasteiger charge is 2.38. The zero-order chi connectivity index (χ0) is 17.1. The molecule has 8 heteroatoms. The predicted molar refractivity (Wildman–Crippen MR) is 85.0 cm³/mol. The molecule has 0 unspecified atom stereocenters. The van der Waals surface area contributed by atoms with Gasteiger partial charge in [-0.3, -0.25) is 14.5 Å². The number of nitrogens with zero attached hydrogens (tertiary/aromatic N) is 1. The third kappa shape index (κ3) is 3.27. The highest BCUT2D eigenvalue weighted by atomic mass is 16.6. The summed E-state index contributed by atoms with van der Waals surface area (Å²) in [5, 5.41) is 5.24. The van der Waals surface area contributed by atoms with E-state index in [-0.39, 0.29) is 12.5 Å². The third-order valence-electron chi connectivity index (χ3n) is 3.81. The zero-order valence-corrected chi connectivity index (χ0v) is 13.3. The molecular weight excluding hydrogens is 314 g/mol. The normalized spacial score (nSPS) is 19.2. The van der Waals surface area contributed by atoms with E-state index in [4.69, 9.17) is 9.47 Å². The molecule has 1 aromatic rings. The lowest BCUT2D eigenvalue weighted by Gasteiger charge is -2.19. The Morgan fingerprint density at radius 3 is 2.79 bits per heavy atom. The fourth-order valence-electron chi connectivity index (χ4n) is 2.68. The summed E-state index contributed by atoms with van der Waals surface area (Å²) >= 11 is 0. The zero-order valence-electron chi connectivity index (χ0n) is 13.3. The van der Waals surface area contributed by atoms with Gasteiger partial charge in [-0.1, -0.05) is 13.3 Å². The number of nitrogens with one attached hydrogen (secondary N) is 2. The van der Waals surface area contributed by atoms with E-state index in [0.717, 1.165) is 11.3 Å². The Labute approximate surface area is 139 Å². The maximum atomic E-state index is 12.1. The SMILES string of the molecule is CCC[C@@H]1NC(=O)N(CC(=O)Nc2ccc3c(c2)OCCO3)C1=O. The van der Waals surface area contributed by atoms with Crippen LogP contribution in [0.5, 0.6) is 11.5 Å². The number of amides is 4. The van der Waals surface area contributed by atoms with Gasteiger partial charge in [-0.15, -0.1) is 0 Å². The lowest BCUT2D eigenvalue weighted by molar-refractivity contribution is -0.130. The summed E-state index contributed by atoms with van der Waals surface area (Å²) in [5.41, 5.74) is 0.515. The van der Waals surface area contributed by atoms with E-state index in [1.807, 2.05) is 6.92 Å². The van der Waals surface area contributed by atoms with Gasteiger partial charge in [0.2, 0.25) is 5.91 Å². The standard InChI is InChI=1S/C16H19N3O5/c1-2-3-11-15(21)19(16(22)18-11)9-14(20)17-10-4-5-12-13(8-10)24-7-6-23-12/h4-5,8,11H,2-3,6-7,9H2,1H3,(H,17,20)(H,18,22)/t11-/m0/s1. The molecular formula is C16H19N3O5. The van der Waals surface area contributed by atoms with Gasteiger partial charge in [-0.05, 0) is 18.6 Å². The minimum Gasteiger partial charge on any atom is -0.486 e. The van der Waals surface area contributed by atoms with E-state index in [2.05, 4.69) is 10.6 Å². The predicted octanol–water partition coefficient (Wildman–Crippen LogP) is 1.12. The molecule has 3 rings (SSSR count). The maximum Gasteiger partial charge on any atom is 0.325 e. The first-order valence-corrected chi connectivity index (χ1v) is 7.90. The Morgan fingerprint density at radius 1 is 1.29 bits per heavy atom. The molecule has 1 saturated heterocycles. The molecule has 0 bridgehead atoms. The molecule has 0 saturated carbocycles. The summed E-state index contributed by atoms with van der Waals surface area (Å²) in [6, 6.07) is 3.96. The van der Waals surface area contributed by atoms with Crippen molar-refractivity contribution in [2.45, 2.75) is 25.8 Å². The number of hydrogen-bond donors (Lipinski definition) is 2. The van der Waals surface area contributed by atoms with E-state index in [0.29, 0.717) is 36.8 Å². The van der Waals surface area contributed by atoms with Crippen LogP contribution in [0.4, 0.5) is 10.5 Å². The van der Waals surface area contributed by atoms with Crippen molar-refractivity contribution in [1.29, 1.82) is 0 Å². The first-order valence-electron chi connectivity index (χ1n) is 7.90. The van der Waals surface area contributed by atoms with Gasteiger partial charge >= 0.3 is 6.03 Å². The molecule has 8 nitrogen and oxygen atoms in total. The van der Waals surface area contributed by atoms with Gasteiger partial charge in [0.15, 0.2) is 11.5 Å². The molecule has 1 aromatic carbocycles. The Kier molecular flexibility index (Phi) is 4.54. The van der Waals surface area contributed by atoms with Crippen molar-refractivity contribution in [3.63, 3.8) is 0 Å². The van der Waals surface area contributed by atoms with Gasteiger partial charge in [0.25, 0.3) is 5.91 Å². The van der Waals surface area contributed by atoms with E-state index >= 15 is 0 Å². The summed E-state index contributed by atoms with van der Waals surface area (Å²) in [7, 11) is 0. The molecule has 0 spiro atoms. The fourth-order valence-corrected chi connectivity index (χ4v) is 2.68. The monoisotopic (exact) mass is 333 g/mol. The van der Waals surface area contributed by atoms with Crippen LogP contribution in [-0.2, 0) is 9.59 Å². The number of hydrogen-bond acceptors (Lipinski definition) is 5. The first-order chi connectivity index (χ1) is 11.6. The lowest BCUT2D eigenvalue weighted by atomic mass is 10.2. The van der Waals surface area contributed by atoms with Crippen molar-refractivity contribution in [2.75, 3.05) is 25.1 Å². The largest absolute Gasteiger partial charge is 0.486 e. The Balaban J connectivity index is 1.61. The Hall–Kier alpha value is -2.77. The lowest BCUT2D eigenvalue weighted by Crippen LogP contribution is -2.38. The average Bonchev–Trinajstić information content (AvgIpc) is 2.83. The second-order valence-corrected chi connectivity index (χ2v) is 5.62. The molecule has 128 valence electrons. The van der Waals surface area contributed by atoms with Crippen molar-refractivity contribution < 1.29 is 23.9 Å². The van der Waals surface area contributed by atoms with Crippen molar-refractivity contribution in [2.24, 2.45) is 0 Å². The van der Waals surface area contributed by atoms with Crippen LogP contribution in [0.1, 0.15) is 19.8 Å². The number of carbonyl (C=O) groups is 3. The van der Waals surface area contributed by atoms with Crippen LogP contribution >= 0.6 is 0 Å². The first kappa shape index (κ1) is 16.1. The highest BCUT2D eigenvalue weighted by Crippen LogP contribution is 2.32. The van der Waals surface area contributed by atoms with E-state index in [1.165, 1.54) is 0 Å². The van der Waals surface area contributed by atoms with Crippen molar-refractivity contribution in [1.82, 2.24) is 10.2 Å². The van der Waals surface area contributed by atoms with Gasteiger partial charge in [-0.2, -0.15) is 0 Å². The molecule has 2 aliphatic heterocycles. The van der Waals surface area contributed by atoms with Crippen molar-refractivity contribution in [3.8, 4) is 11.5 Å². The van der Waals surface area contributed by atoms with Gasteiger partial charge in [0.1, 0.15) is 25.8 Å². The molecule has 2 heterocycles. The minimum atomic E-state index is -0.537. The number of fused-ring (bicyclic) bond motifs is 1. The number of urea groups is 1. The summed E-state index contributed by atoms with van der Waals surface area (Å²) in [6.07, 6.45) is 1.33. The van der Waals surface area contributed by atoms with Crippen LogP contribution in [0.25, 0.3) is 0 Å². The summed E-state index contributed by atoms with van der Waals surface area (Å²) in [6.45, 7) is 2.55. The van der Waals surface area contributed by atoms with Gasteiger partial charge in [0.05, 0.1) is 0 Å². The second kappa shape index (κ2) is 6.77. The molecule has 0 aromatic heterocycles. The number of ether oxygens (including phenoxy) is 2. The van der Waals surface area contributed by atoms with Crippen LogP contribution in [0, 0.1) is 0 Å². The third-order valence-corrected chi connectivity index (χ3v) is 3.81. The average molecular weight is 333 g/mol. The summed E-state index contributed by atoms with van der Waals surface area (Å²) in [4.78, 5) is 37.0. The molecule has 2 N–H and O–H groups in total. The van der Waals surface area contributed by atoms with Gasteiger partial charge in [-0.25, -0.2) is 4.79 Å². The van der Waals surface area contributed by atoms with E-state index in [1.54, 1.807) is 18.2 Å². The van der Waals surface area contributed by atoms with Crippen LogP contribution in [-0.4, -0.2) is 48.5 Å². The van der Waals surface area contributed by atoms with Crippen LogP contribution < -0.4 is 20.1 Å². The molecule has 2 aliphatic rings. The van der Waals surface area contributed by atoms with E-state index in [9.17, 15) is 14.4 Å². The summed E-state index contributed by atoms with van der Waals surface area (Å²) in [5.74, 6) is 0.360. The number of carbonyl (C=O) groups excluding carboxylic acids is 3. The van der Waals surface area contributed by atoms with Crippen molar-refractivity contribution >= 4 is 23.5 Å². The number of benzene rings is 1. The van der Waals surface area contributed by atoms with Crippen LogP contribution in [0.2, 0.25) is 0 Å². The number of imide groups is 1. The number of rotatable bonds is 5. The van der Waals surface area contributed by atoms with Gasteiger partial charge in [0, 0.05) is 11.8 Å². The smallest absolute Gasteiger partial charge is 0.325 e. The second-order valence-electron chi connectivity index (χ2n) is 5.62. The summed E-state index contributed by atoms with van der Waals surface area (Å²) < 4.78 is 10.9.